The van der Waals surface area contributed by atoms with Crippen LogP contribution >= 0.6 is 0 Å². The van der Waals surface area contributed by atoms with Gasteiger partial charge in [0.2, 0.25) is 0 Å². The van der Waals surface area contributed by atoms with Crippen molar-refractivity contribution in [1.29, 1.82) is 0 Å². The van der Waals surface area contributed by atoms with Gasteiger partial charge in [0.15, 0.2) is 0 Å². The molecule has 0 saturated carbocycles. The number of rotatable bonds is 11. The predicted molar refractivity (Wildman–Crippen MR) is 112 cm³/mol. The summed E-state index contributed by atoms with van der Waals surface area (Å²) in [6, 6.07) is 18.3. The van der Waals surface area contributed by atoms with Crippen molar-refractivity contribution in [2.24, 2.45) is 0 Å². The Labute approximate surface area is 155 Å². The molecule has 0 unspecified atom stereocenters. The van der Waals surface area contributed by atoms with E-state index in [4.69, 9.17) is 0 Å². The highest BCUT2D eigenvalue weighted by Crippen LogP contribution is 2.13. The quantitative estimate of drug-likeness (QED) is 0.375. The van der Waals surface area contributed by atoms with Crippen molar-refractivity contribution in [3.8, 4) is 0 Å². The number of unbranched alkanes of at least 4 members (excludes halogenated alkanes) is 4. The van der Waals surface area contributed by atoms with Crippen LogP contribution in [0, 0.1) is 0 Å². The monoisotopic (exact) mass is 334 g/mol. The molecule has 0 heteroatoms. The van der Waals surface area contributed by atoms with Gasteiger partial charge in [0, 0.05) is 0 Å². The molecule has 0 saturated heterocycles. The minimum atomic E-state index is 1.12. The summed E-state index contributed by atoms with van der Waals surface area (Å²) in [5.74, 6) is 0. The Morgan fingerprint density at radius 3 is 1.72 bits per heavy atom. The Morgan fingerprint density at radius 1 is 0.600 bits per heavy atom. The van der Waals surface area contributed by atoms with Crippen molar-refractivity contribution in [3.63, 3.8) is 0 Å². The van der Waals surface area contributed by atoms with Crippen molar-refractivity contribution in [3.05, 3.63) is 76.9 Å². The molecule has 0 aromatic heterocycles. The van der Waals surface area contributed by atoms with E-state index in [1.165, 1.54) is 60.8 Å². The van der Waals surface area contributed by atoms with Gasteiger partial charge in [-0.05, 0) is 54.4 Å². The lowest BCUT2D eigenvalue weighted by Gasteiger charge is -2.05. The third-order valence-electron chi connectivity index (χ3n) is 4.79. The highest BCUT2D eigenvalue weighted by atomic mass is 14.0. The van der Waals surface area contributed by atoms with Gasteiger partial charge in [-0.25, -0.2) is 0 Å². The van der Waals surface area contributed by atoms with Gasteiger partial charge in [0.05, 0.1) is 0 Å². The van der Waals surface area contributed by atoms with Crippen LogP contribution in [0.15, 0.2) is 54.6 Å². The van der Waals surface area contributed by atoms with Crippen molar-refractivity contribution in [2.45, 2.75) is 71.6 Å². The van der Waals surface area contributed by atoms with Crippen LogP contribution in [-0.2, 0) is 19.3 Å². The Balaban J connectivity index is 1.77. The summed E-state index contributed by atoms with van der Waals surface area (Å²) in [4.78, 5) is 0. The van der Waals surface area contributed by atoms with Crippen LogP contribution in [0.25, 0.3) is 6.08 Å². The molecule has 0 amide bonds. The molecule has 2 aromatic carbocycles. The molecule has 0 spiro atoms. The molecule has 0 bridgehead atoms. The van der Waals surface area contributed by atoms with E-state index in [0.29, 0.717) is 0 Å². The van der Waals surface area contributed by atoms with Gasteiger partial charge >= 0.3 is 0 Å². The van der Waals surface area contributed by atoms with E-state index in [-0.39, 0.29) is 0 Å². The van der Waals surface area contributed by atoms with Crippen LogP contribution in [0.1, 0.15) is 74.6 Å². The van der Waals surface area contributed by atoms with Gasteiger partial charge < -0.3 is 0 Å². The largest absolute Gasteiger partial charge is 0.0840 e. The first kappa shape index (κ1) is 19.5. The second kappa shape index (κ2) is 11.7. The van der Waals surface area contributed by atoms with Crippen LogP contribution in [0.2, 0.25) is 0 Å². The first-order chi connectivity index (χ1) is 12.3. The summed E-state index contributed by atoms with van der Waals surface area (Å²) in [6.07, 6.45) is 15.7. The van der Waals surface area contributed by atoms with Gasteiger partial charge in [-0.1, -0.05) is 100 Å². The first-order valence-electron chi connectivity index (χ1n) is 10.1. The molecule has 0 aliphatic heterocycles. The van der Waals surface area contributed by atoms with E-state index < -0.39 is 0 Å². The Morgan fingerprint density at radius 2 is 1.16 bits per heavy atom. The fraction of sp³-hybridized carbons (Fsp3) is 0.440. The van der Waals surface area contributed by atoms with E-state index in [0.717, 1.165) is 19.3 Å². The van der Waals surface area contributed by atoms with Crippen LogP contribution < -0.4 is 0 Å². The number of allylic oxidation sites excluding steroid dienone is 1. The van der Waals surface area contributed by atoms with Crippen LogP contribution in [-0.4, -0.2) is 0 Å². The van der Waals surface area contributed by atoms with Gasteiger partial charge in [-0.3, -0.25) is 0 Å². The van der Waals surface area contributed by atoms with Gasteiger partial charge in [0.1, 0.15) is 0 Å². The fourth-order valence-electron chi connectivity index (χ4n) is 3.10. The molecule has 0 nitrogen and oxygen atoms in total. The molecule has 0 N–H and O–H groups in total. The smallest absolute Gasteiger partial charge is 0.0238 e. The summed E-state index contributed by atoms with van der Waals surface area (Å²) in [7, 11) is 0. The molecule has 0 fully saturated rings. The summed E-state index contributed by atoms with van der Waals surface area (Å²) in [5, 5.41) is 0. The summed E-state index contributed by atoms with van der Waals surface area (Å²) in [5.41, 5.74) is 5.67. The molecule has 134 valence electrons. The first-order valence-corrected chi connectivity index (χ1v) is 10.1. The predicted octanol–water partition coefficient (Wildman–Crippen LogP) is 7.41. The molecule has 0 aliphatic carbocycles. The second-order valence-corrected chi connectivity index (χ2v) is 7.06. The normalized spacial score (nSPS) is 11.3. The average Bonchev–Trinajstić information content (AvgIpc) is 2.66. The van der Waals surface area contributed by atoms with Crippen LogP contribution in [0.3, 0.4) is 0 Å². The molecular weight excluding hydrogens is 300 g/mol. The van der Waals surface area contributed by atoms with Gasteiger partial charge in [-0.2, -0.15) is 0 Å². The van der Waals surface area contributed by atoms with Gasteiger partial charge in [-0.15, -0.1) is 0 Å². The van der Waals surface area contributed by atoms with Crippen molar-refractivity contribution in [1.82, 2.24) is 0 Å². The maximum Gasteiger partial charge on any atom is -0.0238 e. The van der Waals surface area contributed by atoms with E-state index in [1.54, 1.807) is 0 Å². The summed E-state index contributed by atoms with van der Waals surface area (Å²) >= 11 is 0. The SMILES string of the molecule is CCCC=Cc1ccc(CCc2ccc(CCCCCC)cc2)cc1. The topological polar surface area (TPSA) is 0 Å². The minimum Gasteiger partial charge on any atom is -0.0840 e. The number of hydrogen-bond acceptors (Lipinski definition) is 0. The second-order valence-electron chi connectivity index (χ2n) is 7.06. The van der Waals surface area contributed by atoms with Crippen molar-refractivity contribution >= 4 is 6.08 Å². The third-order valence-corrected chi connectivity index (χ3v) is 4.79. The van der Waals surface area contributed by atoms with E-state index in [2.05, 4.69) is 74.5 Å². The van der Waals surface area contributed by atoms with E-state index in [1.807, 2.05) is 0 Å². The number of aryl methyl sites for hydroxylation is 3. The fourth-order valence-corrected chi connectivity index (χ4v) is 3.10. The zero-order chi connectivity index (χ0) is 17.7. The van der Waals surface area contributed by atoms with Crippen molar-refractivity contribution in [2.75, 3.05) is 0 Å². The maximum atomic E-state index is 2.32. The van der Waals surface area contributed by atoms with Crippen LogP contribution in [0.5, 0.6) is 0 Å². The van der Waals surface area contributed by atoms with Crippen molar-refractivity contribution < 1.29 is 0 Å². The lowest BCUT2D eigenvalue weighted by atomic mass is 10.0. The molecule has 25 heavy (non-hydrogen) atoms. The third kappa shape index (κ3) is 7.73. The maximum absolute atomic E-state index is 2.32. The zero-order valence-electron chi connectivity index (χ0n) is 16.1. The highest BCUT2D eigenvalue weighted by molar-refractivity contribution is 5.49. The number of benzene rings is 2. The van der Waals surface area contributed by atoms with Crippen LogP contribution in [0.4, 0.5) is 0 Å². The summed E-state index contributed by atoms with van der Waals surface area (Å²) in [6.45, 7) is 4.48. The molecular formula is C25H34. The summed E-state index contributed by atoms with van der Waals surface area (Å²) < 4.78 is 0. The minimum absolute atomic E-state index is 1.12. The molecule has 0 atom stereocenters. The lowest BCUT2D eigenvalue weighted by molar-refractivity contribution is 0.667. The molecule has 0 radical (unpaired) electrons. The molecule has 2 aromatic rings. The average molecular weight is 335 g/mol. The van der Waals surface area contributed by atoms with E-state index in [9.17, 15) is 0 Å². The molecule has 0 aliphatic rings. The van der Waals surface area contributed by atoms with Gasteiger partial charge in [0.25, 0.3) is 0 Å². The Hall–Kier alpha value is -1.82. The number of hydrogen-bond donors (Lipinski definition) is 0. The molecule has 2 rings (SSSR count). The Bertz CT molecular complexity index is 601. The van der Waals surface area contributed by atoms with E-state index >= 15 is 0 Å². The standard InChI is InChI=1S/C25H34/c1-3-5-7-9-11-23-14-18-25(19-15-23)21-20-24-16-12-22(13-17-24)10-8-6-4-2/h8,10,12-19H,3-7,9,11,20-21H2,1-2H3. The highest BCUT2D eigenvalue weighted by Gasteiger charge is 1.98. The lowest BCUT2D eigenvalue weighted by Crippen LogP contribution is -1.93. The Kier molecular flexibility index (Phi) is 9.12. The zero-order valence-corrected chi connectivity index (χ0v) is 16.1. The molecule has 0 heterocycles.